The molecule has 0 heterocycles. The van der Waals surface area contributed by atoms with E-state index in [2.05, 4.69) is 22.9 Å². The predicted molar refractivity (Wildman–Crippen MR) is 53.4 cm³/mol. The number of nitrogens with zero attached hydrogens (tertiary/aromatic N) is 1. The quantitative estimate of drug-likeness (QED) is 0.681. The molecule has 1 atom stereocenters. The van der Waals surface area contributed by atoms with Crippen molar-refractivity contribution in [3.63, 3.8) is 0 Å². The van der Waals surface area contributed by atoms with E-state index in [1.165, 1.54) is 12.8 Å². The molecule has 0 aromatic carbocycles. The van der Waals surface area contributed by atoms with Crippen LogP contribution >= 0.6 is 15.9 Å². The molecule has 0 saturated heterocycles. The number of amides is 1. The van der Waals surface area contributed by atoms with Crippen LogP contribution in [0.1, 0.15) is 26.2 Å². The average molecular weight is 234 g/mol. The largest absolute Gasteiger partial charge is 0.342 e. The van der Waals surface area contributed by atoms with Crippen molar-refractivity contribution < 1.29 is 4.79 Å². The first-order valence-electron chi connectivity index (χ1n) is 4.46. The first-order chi connectivity index (χ1) is 5.65. The summed E-state index contributed by atoms with van der Waals surface area (Å²) < 4.78 is 0. The fourth-order valence-electron chi connectivity index (χ4n) is 1.06. The lowest BCUT2D eigenvalue weighted by molar-refractivity contribution is -0.131. The van der Waals surface area contributed by atoms with Crippen LogP contribution < -0.4 is 0 Å². The first-order valence-corrected chi connectivity index (χ1v) is 5.59. The maximum atomic E-state index is 11.5. The van der Waals surface area contributed by atoms with Gasteiger partial charge in [-0.2, -0.15) is 0 Å². The van der Waals surface area contributed by atoms with E-state index in [-0.39, 0.29) is 0 Å². The highest BCUT2D eigenvalue weighted by Gasteiger charge is 2.26. The van der Waals surface area contributed by atoms with Gasteiger partial charge < -0.3 is 4.90 Å². The van der Waals surface area contributed by atoms with Gasteiger partial charge in [0.15, 0.2) is 0 Å². The summed E-state index contributed by atoms with van der Waals surface area (Å²) in [5.74, 6) is 0.993. The Morgan fingerprint density at radius 2 is 2.25 bits per heavy atom. The minimum atomic E-state index is 0.296. The minimum absolute atomic E-state index is 0.296. The van der Waals surface area contributed by atoms with Crippen molar-refractivity contribution in [2.24, 2.45) is 5.92 Å². The van der Waals surface area contributed by atoms with Crippen LogP contribution in [0.15, 0.2) is 0 Å². The zero-order chi connectivity index (χ0) is 9.14. The highest BCUT2D eigenvalue weighted by atomic mass is 79.9. The van der Waals surface area contributed by atoms with E-state index in [1.54, 1.807) is 0 Å². The summed E-state index contributed by atoms with van der Waals surface area (Å²) in [6.45, 7) is 2.06. The van der Waals surface area contributed by atoms with Crippen molar-refractivity contribution in [1.82, 2.24) is 4.90 Å². The predicted octanol–water partition coefficient (Wildman–Crippen LogP) is 2.03. The topological polar surface area (TPSA) is 20.3 Å². The third-order valence-corrected chi connectivity index (χ3v) is 3.38. The maximum absolute atomic E-state index is 11.5. The van der Waals surface area contributed by atoms with Gasteiger partial charge in [0.1, 0.15) is 0 Å². The Morgan fingerprint density at radius 1 is 1.67 bits per heavy atom. The van der Waals surface area contributed by atoms with E-state index >= 15 is 0 Å². The van der Waals surface area contributed by atoms with Gasteiger partial charge in [-0.1, -0.05) is 15.9 Å². The second-order valence-corrected chi connectivity index (χ2v) is 4.30. The van der Waals surface area contributed by atoms with Gasteiger partial charge in [-0.25, -0.2) is 0 Å². The summed E-state index contributed by atoms with van der Waals surface area (Å²) in [5, 5.41) is 0.861. The zero-order valence-electron chi connectivity index (χ0n) is 7.72. The number of carbonyl (C=O) groups is 1. The Morgan fingerprint density at radius 3 is 2.67 bits per heavy atom. The molecule has 1 aliphatic carbocycles. The van der Waals surface area contributed by atoms with Crippen LogP contribution in [0, 0.1) is 5.92 Å². The summed E-state index contributed by atoms with van der Waals surface area (Å²) in [7, 11) is 1.89. The highest BCUT2D eigenvalue weighted by Crippen LogP contribution is 2.32. The second-order valence-electron chi connectivity index (χ2n) is 3.66. The molecule has 0 N–H and O–H groups in total. The lowest BCUT2D eigenvalue weighted by atomic mass is 10.2. The molecule has 70 valence electrons. The minimum Gasteiger partial charge on any atom is -0.342 e. The summed E-state index contributed by atoms with van der Waals surface area (Å²) in [4.78, 5) is 13.3. The summed E-state index contributed by atoms with van der Waals surface area (Å²) in [5.41, 5.74) is 0. The fraction of sp³-hybridized carbons (Fsp3) is 0.889. The van der Waals surface area contributed by atoms with Crippen LogP contribution in [0.4, 0.5) is 0 Å². The van der Waals surface area contributed by atoms with Gasteiger partial charge in [0.05, 0.1) is 0 Å². The Bertz CT molecular complexity index is 168. The van der Waals surface area contributed by atoms with E-state index in [9.17, 15) is 4.79 Å². The van der Waals surface area contributed by atoms with Crippen LogP contribution in [-0.4, -0.2) is 29.2 Å². The Balaban J connectivity index is 2.28. The summed E-state index contributed by atoms with van der Waals surface area (Å²) >= 11 is 3.37. The fourth-order valence-corrected chi connectivity index (χ4v) is 1.50. The number of rotatable bonds is 4. The monoisotopic (exact) mass is 233 g/mol. The second kappa shape index (κ2) is 4.26. The lowest BCUT2D eigenvalue weighted by Crippen LogP contribution is -2.36. The molecule has 0 bridgehead atoms. The number of alkyl halides is 1. The lowest BCUT2D eigenvalue weighted by Gasteiger charge is -2.23. The molecule has 2 nitrogen and oxygen atoms in total. The van der Waals surface area contributed by atoms with Crippen LogP contribution in [-0.2, 0) is 4.79 Å². The van der Waals surface area contributed by atoms with E-state index < -0.39 is 0 Å². The molecule has 0 aromatic heterocycles. The number of hydrogen-bond donors (Lipinski definition) is 0. The molecule has 1 fully saturated rings. The maximum Gasteiger partial charge on any atom is 0.222 e. The number of halogens is 1. The van der Waals surface area contributed by atoms with Crippen LogP contribution in [0.3, 0.4) is 0 Å². The molecule has 0 spiro atoms. The standard InChI is InChI=1S/C9H16BrNO/c1-7(6-10)11(2)9(12)5-8-3-4-8/h7-8H,3-6H2,1-2H3. The van der Waals surface area contributed by atoms with E-state index in [4.69, 9.17) is 0 Å². The van der Waals surface area contributed by atoms with Crippen molar-refractivity contribution in [3.8, 4) is 0 Å². The van der Waals surface area contributed by atoms with Gasteiger partial charge in [0.25, 0.3) is 0 Å². The molecule has 0 aromatic rings. The van der Waals surface area contributed by atoms with Crippen LogP contribution in [0.5, 0.6) is 0 Å². The van der Waals surface area contributed by atoms with Gasteiger partial charge >= 0.3 is 0 Å². The van der Waals surface area contributed by atoms with E-state index in [0.717, 1.165) is 11.8 Å². The van der Waals surface area contributed by atoms with Gasteiger partial charge in [-0.15, -0.1) is 0 Å². The Kier molecular flexibility index (Phi) is 3.56. The number of hydrogen-bond acceptors (Lipinski definition) is 1. The molecule has 3 heteroatoms. The molecule has 0 aliphatic heterocycles. The smallest absolute Gasteiger partial charge is 0.222 e. The molecule has 1 rings (SSSR count). The van der Waals surface area contributed by atoms with Crippen molar-refractivity contribution in [2.45, 2.75) is 32.2 Å². The molecular weight excluding hydrogens is 218 g/mol. The molecule has 12 heavy (non-hydrogen) atoms. The third-order valence-electron chi connectivity index (χ3n) is 2.44. The zero-order valence-corrected chi connectivity index (χ0v) is 9.30. The SMILES string of the molecule is CC(CBr)N(C)C(=O)CC1CC1. The molecule has 1 saturated carbocycles. The van der Waals surface area contributed by atoms with Crippen molar-refractivity contribution in [2.75, 3.05) is 12.4 Å². The van der Waals surface area contributed by atoms with E-state index in [0.29, 0.717) is 17.9 Å². The highest BCUT2D eigenvalue weighted by molar-refractivity contribution is 9.09. The van der Waals surface area contributed by atoms with Crippen molar-refractivity contribution in [3.05, 3.63) is 0 Å². The van der Waals surface area contributed by atoms with Gasteiger partial charge in [-0.05, 0) is 25.7 Å². The molecule has 1 unspecified atom stereocenters. The van der Waals surface area contributed by atoms with Crippen LogP contribution in [0.2, 0.25) is 0 Å². The van der Waals surface area contributed by atoms with E-state index in [1.807, 2.05) is 11.9 Å². The first kappa shape index (κ1) is 10.0. The van der Waals surface area contributed by atoms with Crippen molar-refractivity contribution in [1.29, 1.82) is 0 Å². The third kappa shape index (κ3) is 2.77. The summed E-state index contributed by atoms with van der Waals surface area (Å²) in [6.07, 6.45) is 3.26. The molecule has 1 amide bonds. The van der Waals surface area contributed by atoms with Crippen molar-refractivity contribution >= 4 is 21.8 Å². The normalized spacial score (nSPS) is 18.9. The van der Waals surface area contributed by atoms with Gasteiger partial charge in [0.2, 0.25) is 5.91 Å². The Hall–Kier alpha value is -0.0500. The molecule has 1 aliphatic rings. The number of carbonyl (C=O) groups excluding carboxylic acids is 1. The average Bonchev–Trinajstić information content (AvgIpc) is 2.85. The Labute approximate surface area is 82.4 Å². The molecule has 0 radical (unpaired) electrons. The van der Waals surface area contributed by atoms with Gasteiger partial charge in [-0.3, -0.25) is 4.79 Å². The van der Waals surface area contributed by atoms with Crippen LogP contribution in [0.25, 0.3) is 0 Å². The summed E-state index contributed by atoms with van der Waals surface area (Å²) in [6, 6.07) is 0.316. The molecular formula is C9H16BrNO. The van der Waals surface area contributed by atoms with Gasteiger partial charge in [0, 0.05) is 24.8 Å².